The lowest BCUT2D eigenvalue weighted by Crippen LogP contribution is -2.30. The molecule has 2 heterocycles. The highest BCUT2D eigenvalue weighted by Crippen LogP contribution is 2.10. The molecule has 19 heavy (non-hydrogen) atoms. The van der Waals surface area contributed by atoms with Crippen LogP contribution in [0.3, 0.4) is 0 Å². The maximum Gasteiger partial charge on any atom is 0.268 e. The van der Waals surface area contributed by atoms with Gasteiger partial charge in [0.15, 0.2) is 6.29 Å². The lowest BCUT2D eigenvalue weighted by Gasteiger charge is -2.23. The normalized spacial score (nSPS) is 16.5. The third kappa shape index (κ3) is 3.78. The number of hydrogen-bond donors (Lipinski definition) is 0. The monoisotopic (exact) mass is 267 g/mol. The summed E-state index contributed by atoms with van der Waals surface area (Å²) in [5, 5.41) is 4.18. The lowest BCUT2D eigenvalue weighted by atomic mass is 10.3. The second-order valence-corrected chi connectivity index (χ2v) is 4.60. The SMILES string of the molecule is CCN(C)c1cnn(CCC2OCCCO2)c(=O)c1. The van der Waals surface area contributed by atoms with E-state index < -0.39 is 0 Å². The van der Waals surface area contributed by atoms with Crippen molar-refractivity contribution < 1.29 is 9.47 Å². The first-order valence-corrected chi connectivity index (χ1v) is 6.72. The Hall–Kier alpha value is -1.40. The van der Waals surface area contributed by atoms with Gasteiger partial charge in [-0.15, -0.1) is 0 Å². The van der Waals surface area contributed by atoms with Gasteiger partial charge in [-0.1, -0.05) is 0 Å². The van der Waals surface area contributed by atoms with Crippen LogP contribution < -0.4 is 10.5 Å². The molecule has 2 rings (SSSR count). The summed E-state index contributed by atoms with van der Waals surface area (Å²) in [4.78, 5) is 13.9. The molecule has 0 spiro atoms. The smallest absolute Gasteiger partial charge is 0.268 e. The van der Waals surface area contributed by atoms with Crippen LogP contribution in [-0.2, 0) is 16.0 Å². The Bertz CT molecular complexity index is 455. The van der Waals surface area contributed by atoms with E-state index in [4.69, 9.17) is 9.47 Å². The Labute approximate surface area is 112 Å². The second kappa shape index (κ2) is 6.68. The molecule has 1 fully saturated rings. The fourth-order valence-corrected chi connectivity index (χ4v) is 1.91. The van der Waals surface area contributed by atoms with Gasteiger partial charge in [0.2, 0.25) is 0 Å². The second-order valence-electron chi connectivity index (χ2n) is 4.60. The molecule has 1 aromatic heterocycles. The molecule has 1 aromatic rings. The summed E-state index contributed by atoms with van der Waals surface area (Å²) in [6, 6.07) is 1.61. The molecule has 6 heteroatoms. The van der Waals surface area contributed by atoms with Crippen LogP contribution in [0.15, 0.2) is 17.1 Å². The third-order valence-electron chi connectivity index (χ3n) is 3.24. The number of ether oxygens (including phenoxy) is 2. The fourth-order valence-electron chi connectivity index (χ4n) is 1.91. The minimum absolute atomic E-state index is 0.0893. The van der Waals surface area contributed by atoms with Crippen LogP contribution in [0.5, 0.6) is 0 Å². The number of nitrogens with zero attached hydrogens (tertiary/aromatic N) is 3. The van der Waals surface area contributed by atoms with Gasteiger partial charge in [0.1, 0.15) is 0 Å². The minimum atomic E-state index is -0.208. The van der Waals surface area contributed by atoms with E-state index in [9.17, 15) is 4.79 Å². The highest BCUT2D eigenvalue weighted by atomic mass is 16.7. The standard InChI is InChI=1S/C13H21N3O3/c1-3-15(2)11-9-12(17)16(14-10-11)6-5-13-18-7-4-8-19-13/h9-10,13H,3-8H2,1-2H3. The number of hydrogen-bond acceptors (Lipinski definition) is 5. The lowest BCUT2D eigenvalue weighted by molar-refractivity contribution is -0.182. The Morgan fingerprint density at radius 1 is 1.47 bits per heavy atom. The van der Waals surface area contributed by atoms with Crippen LogP contribution in [0, 0.1) is 0 Å². The Balaban J connectivity index is 1.95. The Morgan fingerprint density at radius 2 is 2.21 bits per heavy atom. The van der Waals surface area contributed by atoms with Crippen molar-refractivity contribution in [2.24, 2.45) is 0 Å². The average molecular weight is 267 g/mol. The van der Waals surface area contributed by atoms with Gasteiger partial charge in [-0.3, -0.25) is 4.79 Å². The molecule has 0 amide bonds. The molecule has 0 aromatic carbocycles. The van der Waals surface area contributed by atoms with Crippen molar-refractivity contribution in [3.8, 4) is 0 Å². The highest BCUT2D eigenvalue weighted by Gasteiger charge is 2.14. The maximum atomic E-state index is 11.9. The molecule has 0 atom stereocenters. The first-order chi connectivity index (χ1) is 9.20. The van der Waals surface area contributed by atoms with Crippen LogP contribution in [0.25, 0.3) is 0 Å². The number of aromatic nitrogens is 2. The Kier molecular flexibility index (Phi) is 4.93. The van der Waals surface area contributed by atoms with E-state index in [0.29, 0.717) is 13.0 Å². The van der Waals surface area contributed by atoms with E-state index in [1.807, 2.05) is 18.9 Å². The van der Waals surface area contributed by atoms with Crippen LogP contribution >= 0.6 is 0 Å². The molecule has 106 valence electrons. The molecule has 0 saturated carbocycles. The molecule has 1 aliphatic heterocycles. The Morgan fingerprint density at radius 3 is 2.84 bits per heavy atom. The zero-order chi connectivity index (χ0) is 13.7. The van der Waals surface area contributed by atoms with Gasteiger partial charge in [0.05, 0.1) is 25.1 Å². The molecule has 6 nitrogen and oxygen atoms in total. The quantitative estimate of drug-likeness (QED) is 0.791. The molecule has 0 unspecified atom stereocenters. The van der Waals surface area contributed by atoms with E-state index in [0.717, 1.165) is 31.9 Å². The van der Waals surface area contributed by atoms with E-state index in [-0.39, 0.29) is 11.8 Å². The van der Waals surface area contributed by atoms with E-state index in [1.165, 1.54) is 4.68 Å². The van der Waals surface area contributed by atoms with Crippen LogP contribution in [0.1, 0.15) is 19.8 Å². The van der Waals surface area contributed by atoms with Crippen molar-refractivity contribution in [1.29, 1.82) is 0 Å². The summed E-state index contributed by atoms with van der Waals surface area (Å²) in [6.45, 7) is 4.85. The summed E-state index contributed by atoms with van der Waals surface area (Å²) in [5.74, 6) is 0. The largest absolute Gasteiger partial charge is 0.373 e. The molecule has 0 bridgehead atoms. The van der Waals surface area contributed by atoms with Crippen LogP contribution in [0.4, 0.5) is 5.69 Å². The third-order valence-corrected chi connectivity index (χ3v) is 3.24. The predicted octanol–water partition coefficient (Wildman–Crippen LogP) is 0.852. The van der Waals surface area contributed by atoms with E-state index in [2.05, 4.69) is 5.10 Å². The summed E-state index contributed by atoms with van der Waals surface area (Å²) in [7, 11) is 1.94. The summed E-state index contributed by atoms with van der Waals surface area (Å²) in [6.07, 6.45) is 3.09. The van der Waals surface area contributed by atoms with E-state index in [1.54, 1.807) is 12.3 Å². The molecular weight excluding hydrogens is 246 g/mol. The zero-order valence-electron chi connectivity index (χ0n) is 11.5. The van der Waals surface area contributed by atoms with Gasteiger partial charge in [0.25, 0.3) is 5.56 Å². The number of aryl methyl sites for hydroxylation is 1. The summed E-state index contributed by atoms with van der Waals surface area (Å²) < 4.78 is 12.3. The number of anilines is 1. The van der Waals surface area contributed by atoms with Crippen molar-refractivity contribution in [1.82, 2.24) is 9.78 Å². The van der Waals surface area contributed by atoms with Gasteiger partial charge in [-0.25, -0.2) is 4.68 Å². The molecule has 1 saturated heterocycles. The molecule has 0 radical (unpaired) electrons. The van der Waals surface area contributed by atoms with Gasteiger partial charge in [-0.2, -0.15) is 5.10 Å². The van der Waals surface area contributed by atoms with E-state index >= 15 is 0 Å². The minimum Gasteiger partial charge on any atom is -0.373 e. The molecule has 0 aliphatic carbocycles. The topological polar surface area (TPSA) is 56.6 Å². The van der Waals surface area contributed by atoms with Crippen molar-refractivity contribution in [2.45, 2.75) is 32.6 Å². The molecule has 1 aliphatic rings. The first-order valence-electron chi connectivity index (χ1n) is 6.72. The predicted molar refractivity (Wildman–Crippen MR) is 72.4 cm³/mol. The summed E-state index contributed by atoms with van der Waals surface area (Å²) in [5.41, 5.74) is 0.752. The van der Waals surface area contributed by atoms with Gasteiger partial charge in [0, 0.05) is 32.6 Å². The molecular formula is C13H21N3O3. The highest BCUT2D eigenvalue weighted by molar-refractivity contribution is 5.41. The summed E-state index contributed by atoms with van der Waals surface area (Å²) >= 11 is 0. The van der Waals surface area contributed by atoms with Crippen molar-refractivity contribution in [3.05, 3.63) is 22.6 Å². The van der Waals surface area contributed by atoms with Crippen LogP contribution in [0.2, 0.25) is 0 Å². The first kappa shape index (κ1) is 14.0. The number of rotatable bonds is 5. The molecule has 0 N–H and O–H groups in total. The van der Waals surface area contributed by atoms with Crippen molar-refractivity contribution >= 4 is 5.69 Å². The van der Waals surface area contributed by atoms with Gasteiger partial charge >= 0.3 is 0 Å². The zero-order valence-corrected chi connectivity index (χ0v) is 11.5. The van der Waals surface area contributed by atoms with Crippen molar-refractivity contribution in [2.75, 3.05) is 31.7 Å². The fraction of sp³-hybridized carbons (Fsp3) is 0.692. The van der Waals surface area contributed by atoms with Crippen LogP contribution in [-0.4, -0.2) is 42.9 Å². The van der Waals surface area contributed by atoms with Gasteiger partial charge in [-0.05, 0) is 13.3 Å². The maximum absolute atomic E-state index is 11.9. The van der Waals surface area contributed by atoms with Gasteiger partial charge < -0.3 is 14.4 Å². The average Bonchev–Trinajstić information content (AvgIpc) is 2.46. The van der Waals surface area contributed by atoms with Crippen molar-refractivity contribution in [3.63, 3.8) is 0 Å².